The molecule has 1 aromatic carbocycles. The molecule has 1 aliphatic heterocycles. The summed E-state index contributed by atoms with van der Waals surface area (Å²) in [5, 5.41) is 3.07. The maximum atomic E-state index is 12.1. The molecule has 21 heavy (non-hydrogen) atoms. The summed E-state index contributed by atoms with van der Waals surface area (Å²) < 4.78 is 5.50. The highest BCUT2D eigenvalue weighted by Gasteiger charge is 2.28. The van der Waals surface area contributed by atoms with Gasteiger partial charge in [0.2, 0.25) is 5.91 Å². The molecular weight excluding hydrogens is 264 g/mol. The fraction of sp³-hybridized carbons (Fsp3) is 0.588. The minimum atomic E-state index is 0.0631. The average molecular weight is 290 g/mol. The maximum absolute atomic E-state index is 12.1. The molecule has 1 N–H and O–H groups in total. The number of nitrogens with zero attached hydrogens (tertiary/aromatic N) is 1. The predicted octanol–water partition coefficient (Wildman–Crippen LogP) is 2.83. The number of amides is 1. The predicted molar refractivity (Wildman–Crippen MR) is 85.8 cm³/mol. The van der Waals surface area contributed by atoms with Crippen LogP contribution >= 0.6 is 0 Å². The van der Waals surface area contributed by atoms with Crippen LogP contribution in [0.1, 0.15) is 33.6 Å². The standard InChI is InChI=1S/C17H26N2O2/c1-4-13-12-19(14(5-2)11-18-17(13)20)15-7-9-16(10-8-15)21-6-3/h7-10,13-14H,4-6,11-12H2,1-3H3,(H,18,20)/t13-,14-/m0/s1. The zero-order valence-electron chi connectivity index (χ0n) is 13.3. The van der Waals surface area contributed by atoms with Crippen LogP contribution in [0.5, 0.6) is 5.75 Å². The van der Waals surface area contributed by atoms with Gasteiger partial charge in [0.25, 0.3) is 0 Å². The summed E-state index contributed by atoms with van der Waals surface area (Å²) >= 11 is 0. The Morgan fingerprint density at radius 1 is 1.19 bits per heavy atom. The van der Waals surface area contributed by atoms with Gasteiger partial charge in [-0.3, -0.25) is 4.79 Å². The van der Waals surface area contributed by atoms with E-state index in [0.29, 0.717) is 12.6 Å². The SMILES string of the molecule is CCOc1ccc(N2C[C@H](CC)C(=O)NC[C@@H]2CC)cc1. The molecule has 2 rings (SSSR count). The van der Waals surface area contributed by atoms with Crippen molar-refractivity contribution < 1.29 is 9.53 Å². The van der Waals surface area contributed by atoms with Crippen LogP contribution in [0.15, 0.2) is 24.3 Å². The normalized spacial score (nSPS) is 22.6. The average Bonchev–Trinajstić information content (AvgIpc) is 2.67. The molecule has 1 fully saturated rings. The van der Waals surface area contributed by atoms with E-state index in [1.54, 1.807) is 0 Å². The Morgan fingerprint density at radius 3 is 2.48 bits per heavy atom. The zero-order chi connectivity index (χ0) is 15.2. The molecule has 116 valence electrons. The van der Waals surface area contributed by atoms with Crippen molar-refractivity contribution in [3.63, 3.8) is 0 Å². The van der Waals surface area contributed by atoms with E-state index in [1.165, 1.54) is 5.69 Å². The van der Waals surface area contributed by atoms with Gasteiger partial charge in [0.15, 0.2) is 0 Å². The van der Waals surface area contributed by atoms with Crippen molar-refractivity contribution in [2.24, 2.45) is 5.92 Å². The van der Waals surface area contributed by atoms with Crippen LogP contribution < -0.4 is 15.0 Å². The fourth-order valence-corrected chi connectivity index (χ4v) is 2.84. The van der Waals surface area contributed by atoms with E-state index in [9.17, 15) is 4.79 Å². The van der Waals surface area contributed by atoms with E-state index >= 15 is 0 Å². The monoisotopic (exact) mass is 290 g/mol. The minimum absolute atomic E-state index is 0.0631. The van der Waals surface area contributed by atoms with Gasteiger partial charge in [0.05, 0.1) is 12.5 Å². The van der Waals surface area contributed by atoms with Crippen molar-refractivity contribution >= 4 is 11.6 Å². The molecule has 1 heterocycles. The number of hydrogen-bond acceptors (Lipinski definition) is 3. The molecule has 1 amide bonds. The van der Waals surface area contributed by atoms with Crippen molar-refractivity contribution in [3.8, 4) is 5.75 Å². The lowest BCUT2D eigenvalue weighted by Crippen LogP contribution is -2.40. The Kier molecular flexibility index (Phi) is 5.48. The number of nitrogens with one attached hydrogen (secondary N) is 1. The molecule has 1 saturated heterocycles. The molecule has 0 spiro atoms. The van der Waals surface area contributed by atoms with Gasteiger partial charge in [-0.15, -0.1) is 0 Å². The highest BCUT2D eigenvalue weighted by atomic mass is 16.5. The first-order valence-corrected chi connectivity index (χ1v) is 7.96. The van der Waals surface area contributed by atoms with E-state index in [1.807, 2.05) is 19.1 Å². The lowest BCUT2D eigenvalue weighted by molar-refractivity contribution is -0.124. The van der Waals surface area contributed by atoms with Gasteiger partial charge in [-0.25, -0.2) is 0 Å². The van der Waals surface area contributed by atoms with Gasteiger partial charge in [-0.1, -0.05) is 13.8 Å². The van der Waals surface area contributed by atoms with Crippen LogP contribution in [0.2, 0.25) is 0 Å². The highest BCUT2D eigenvalue weighted by Crippen LogP contribution is 2.25. The molecule has 4 nitrogen and oxygen atoms in total. The Balaban J connectivity index is 2.21. The van der Waals surface area contributed by atoms with E-state index < -0.39 is 0 Å². The summed E-state index contributed by atoms with van der Waals surface area (Å²) in [4.78, 5) is 14.4. The van der Waals surface area contributed by atoms with E-state index in [2.05, 4.69) is 36.2 Å². The molecule has 2 atom stereocenters. The summed E-state index contributed by atoms with van der Waals surface area (Å²) in [7, 11) is 0. The number of rotatable bonds is 5. The zero-order valence-corrected chi connectivity index (χ0v) is 13.3. The van der Waals surface area contributed by atoms with Crippen molar-refractivity contribution in [1.82, 2.24) is 5.32 Å². The van der Waals surface area contributed by atoms with E-state index in [4.69, 9.17) is 4.74 Å². The number of benzene rings is 1. The number of carbonyl (C=O) groups is 1. The van der Waals surface area contributed by atoms with Gasteiger partial charge >= 0.3 is 0 Å². The second-order valence-electron chi connectivity index (χ2n) is 5.49. The first-order chi connectivity index (χ1) is 10.2. The third-order valence-electron chi connectivity index (χ3n) is 4.18. The number of anilines is 1. The molecule has 1 aromatic rings. The fourth-order valence-electron chi connectivity index (χ4n) is 2.84. The quantitative estimate of drug-likeness (QED) is 0.906. The molecule has 4 heteroatoms. The molecule has 1 aliphatic rings. The lowest BCUT2D eigenvalue weighted by atomic mass is 10.0. The molecule has 0 unspecified atom stereocenters. The van der Waals surface area contributed by atoms with Crippen LogP contribution in [0.25, 0.3) is 0 Å². The first kappa shape index (κ1) is 15.7. The van der Waals surface area contributed by atoms with Crippen molar-refractivity contribution in [2.75, 3.05) is 24.6 Å². The second-order valence-corrected chi connectivity index (χ2v) is 5.49. The number of carbonyl (C=O) groups excluding carboxylic acids is 1. The van der Waals surface area contributed by atoms with Crippen LogP contribution in [0, 0.1) is 5.92 Å². The minimum Gasteiger partial charge on any atom is -0.494 e. The summed E-state index contributed by atoms with van der Waals surface area (Å²) in [5.74, 6) is 1.14. The van der Waals surface area contributed by atoms with Crippen molar-refractivity contribution in [2.45, 2.75) is 39.7 Å². The van der Waals surface area contributed by atoms with Crippen molar-refractivity contribution in [3.05, 3.63) is 24.3 Å². The van der Waals surface area contributed by atoms with Crippen LogP contribution in [0.3, 0.4) is 0 Å². The summed E-state index contributed by atoms with van der Waals surface area (Å²) in [6, 6.07) is 8.55. The van der Waals surface area contributed by atoms with Gasteiger partial charge in [-0.05, 0) is 44.0 Å². The third-order valence-corrected chi connectivity index (χ3v) is 4.18. The molecule has 0 bridgehead atoms. The van der Waals surface area contributed by atoms with Crippen LogP contribution in [0.4, 0.5) is 5.69 Å². The summed E-state index contributed by atoms with van der Waals surface area (Å²) in [6.07, 6.45) is 1.89. The van der Waals surface area contributed by atoms with Crippen LogP contribution in [-0.4, -0.2) is 31.6 Å². The molecule has 0 saturated carbocycles. The Bertz CT molecular complexity index is 458. The van der Waals surface area contributed by atoms with Gasteiger partial charge in [0.1, 0.15) is 5.75 Å². The Labute approximate surface area is 127 Å². The van der Waals surface area contributed by atoms with E-state index in [0.717, 1.165) is 31.7 Å². The highest BCUT2D eigenvalue weighted by molar-refractivity contribution is 5.80. The van der Waals surface area contributed by atoms with Crippen molar-refractivity contribution in [1.29, 1.82) is 0 Å². The molecular formula is C17H26N2O2. The summed E-state index contributed by atoms with van der Waals surface area (Å²) in [5.41, 5.74) is 1.17. The van der Waals surface area contributed by atoms with Gasteiger partial charge in [0, 0.05) is 24.8 Å². The Hall–Kier alpha value is -1.71. The Morgan fingerprint density at radius 2 is 1.90 bits per heavy atom. The van der Waals surface area contributed by atoms with Gasteiger partial charge in [-0.2, -0.15) is 0 Å². The molecule has 0 aliphatic carbocycles. The smallest absolute Gasteiger partial charge is 0.224 e. The van der Waals surface area contributed by atoms with Crippen LogP contribution in [-0.2, 0) is 4.79 Å². The largest absolute Gasteiger partial charge is 0.494 e. The second kappa shape index (κ2) is 7.34. The number of ether oxygens (including phenoxy) is 1. The number of hydrogen-bond donors (Lipinski definition) is 1. The topological polar surface area (TPSA) is 41.6 Å². The third kappa shape index (κ3) is 3.69. The molecule has 0 radical (unpaired) electrons. The lowest BCUT2D eigenvalue weighted by Gasteiger charge is -2.32. The van der Waals surface area contributed by atoms with Gasteiger partial charge < -0.3 is 15.0 Å². The summed E-state index contributed by atoms with van der Waals surface area (Å²) in [6.45, 7) is 8.42. The first-order valence-electron chi connectivity index (χ1n) is 7.96. The molecule has 0 aromatic heterocycles. The maximum Gasteiger partial charge on any atom is 0.224 e. The van der Waals surface area contributed by atoms with E-state index in [-0.39, 0.29) is 11.8 Å².